The Hall–Kier alpha value is -2.25. The second kappa shape index (κ2) is 6.62. The number of urea groups is 1. The van der Waals surface area contributed by atoms with Gasteiger partial charge in [0.05, 0.1) is 0 Å². The van der Waals surface area contributed by atoms with Crippen molar-refractivity contribution < 1.29 is 27.9 Å². The van der Waals surface area contributed by atoms with Gasteiger partial charge in [0.25, 0.3) is 0 Å². The topological polar surface area (TPSA) is 92.4 Å². The van der Waals surface area contributed by atoms with E-state index in [1.807, 2.05) is 32.0 Å². The van der Waals surface area contributed by atoms with Crippen LogP contribution in [0.3, 0.4) is 0 Å². The quantitative estimate of drug-likeness (QED) is 0.736. The van der Waals surface area contributed by atoms with Crippen LogP contribution in [-0.4, -0.2) is 23.3 Å². The van der Waals surface area contributed by atoms with E-state index in [2.05, 4.69) is 5.32 Å². The number of anilines is 1. The number of carboxylic acids is 1. The van der Waals surface area contributed by atoms with Crippen molar-refractivity contribution in [2.75, 3.05) is 5.32 Å². The number of aliphatic carboxylic acids is 1. The molecule has 1 aromatic carbocycles. The maximum absolute atomic E-state index is 10.6. The standard InChI is InChI=1S/C9H12N2O.C2HF3O2/c1-6-3-7(2)5-8(4-6)11-9(10)12;3-2(4,5)1(6)7/h3-5H,1-2H3,(H3,10,11,12);(H,6,7). The molecule has 0 saturated heterocycles. The highest BCUT2D eigenvalue weighted by Crippen LogP contribution is 2.13. The Morgan fingerprint density at radius 3 is 1.79 bits per heavy atom. The van der Waals surface area contributed by atoms with Crippen LogP contribution in [0.4, 0.5) is 23.7 Å². The molecule has 1 rings (SSSR count). The molecule has 0 radical (unpaired) electrons. The number of rotatable bonds is 1. The lowest BCUT2D eigenvalue weighted by atomic mass is 10.1. The fraction of sp³-hybridized carbons (Fsp3) is 0.273. The van der Waals surface area contributed by atoms with E-state index in [0.29, 0.717) is 0 Å². The van der Waals surface area contributed by atoms with Crippen LogP contribution in [0.2, 0.25) is 0 Å². The Kier molecular flexibility index (Phi) is 5.84. The first-order chi connectivity index (χ1) is 8.52. The van der Waals surface area contributed by atoms with Gasteiger partial charge < -0.3 is 16.2 Å². The summed E-state index contributed by atoms with van der Waals surface area (Å²) in [6, 6.07) is 5.25. The number of nitrogens with one attached hydrogen (secondary N) is 1. The number of carboxylic acid groups (broad SMARTS) is 1. The average Bonchev–Trinajstić information content (AvgIpc) is 2.13. The molecule has 0 fully saturated rings. The molecule has 1 aromatic rings. The highest BCUT2D eigenvalue weighted by atomic mass is 19.4. The van der Waals surface area contributed by atoms with Gasteiger partial charge in [0.15, 0.2) is 0 Å². The zero-order valence-electron chi connectivity index (χ0n) is 10.2. The smallest absolute Gasteiger partial charge is 0.475 e. The number of alkyl halides is 3. The van der Waals surface area contributed by atoms with Gasteiger partial charge in [-0.3, -0.25) is 0 Å². The lowest BCUT2D eigenvalue weighted by Crippen LogP contribution is -2.21. The number of primary amides is 1. The summed E-state index contributed by atoms with van der Waals surface area (Å²) >= 11 is 0. The van der Waals surface area contributed by atoms with Crippen molar-refractivity contribution in [3.8, 4) is 0 Å². The molecule has 0 unspecified atom stereocenters. The lowest BCUT2D eigenvalue weighted by molar-refractivity contribution is -0.192. The van der Waals surface area contributed by atoms with Crippen LogP contribution in [0.1, 0.15) is 11.1 Å². The van der Waals surface area contributed by atoms with Gasteiger partial charge in [0, 0.05) is 5.69 Å². The third kappa shape index (κ3) is 7.63. The predicted octanol–water partition coefficient (Wildman–Crippen LogP) is 2.43. The predicted molar refractivity (Wildman–Crippen MR) is 62.8 cm³/mol. The van der Waals surface area contributed by atoms with Gasteiger partial charge in [0.2, 0.25) is 0 Å². The largest absolute Gasteiger partial charge is 0.490 e. The molecule has 4 N–H and O–H groups in total. The summed E-state index contributed by atoms with van der Waals surface area (Å²) in [5.74, 6) is -2.76. The lowest BCUT2D eigenvalue weighted by Gasteiger charge is -2.03. The maximum atomic E-state index is 10.6. The summed E-state index contributed by atoms with van der Waals surface area (Å²) < 4.78 is 31.7. The van der Waals surface area contributed by atoms with Crippen molar-refractivity contribution in [3.63, 3.8) is 0 Å². The van der Waals surface area contributed by atoms with Crippen LogP contribution in [0.25, 0.3) is 0 Å². The van der Waals surface area contributed by atoms with Crippen molar-refractivity contribution in [3.05, 3.63) is 29.3 Å². The number of halogens is 3. The van der Waals surface area contributed by atoms with Gasteiger partial charge in [0.1, 0.15) is 0 Å². The Morgan fingerprint density at radius 2 is 1.53 bits per heavy atom. The molecular formula is C11H13F3N2O3. The van der Waals surface area contributed by atoms with Gasteiger partial charge in [-0.2, -0.15) is 13.2 Å². The van der Waals surface area contributed by atoms with Crippen molar-refractivity contribution in [2.45, 2.75) is 20.0 Å². The second-order valence-corrected chi connectivity index (χ2v) is 3.67. The third-order valence-corrected chi connectivity index (χ3v) is 1.73. The number of hydrogen-bond donors (Lipinski definition) is 3. The normalized spacial score (nSPS) is 10.2. The first-order valence-electron chi connectivity index (χ1n) is 4.97. The van der Waals surface area contributed by atoms with Crippen LogP contribution in [0.5, 0.6) is 0 Å². The minimum absolute atomic E-state index is 0.528. The Morgan fingerprint density at radius 1 is 1.16 bits per heavy atom. The Bertz CT molecular complexity index is 452. The molecule has 2 amide bonds. The number of carbonyl (C=O) groups is 2. The molecule has 0 aliphatic heterocycles. The summed E-state index contributed by atoms with van der Waals surface area (Å²) in [6.07, 6.45) is -5.08. The molecule has 0 bridgehead atoms. The number of hydrogen-bond acceptors (Lipinski definition) is 2. The van der Waals surface area contributed by atoms with Crippen molar-refractivity contribution >= 4 is 17.7 Å². The van der Waals surface area contributed by atoms with E-state index in [1.165, 1.54) is 0 Å². The monoisotopic (exact) mass is 278 g/mol. The van der Waals surface area contributed by atoms with Gasteiger partial charge in [-0.15, -0.1) is 0 Å². The highest BCUT2D eigenvalue weighted by molar-refractivity contribution is 5.87. The van der Waals surface area contributed by atoms with E-state index in [9.17, 15) is 18.0 Å². The zero-order valence-corrected chi connectivity index (χ0v) is 10.2. The first-order valence-corrected chi connectivity index (χ1v) is 4.97. The van der Waals surface area contributed by atoms with Gasteiger partial charge in [-0.1, -0.05) is 6.07 Å². The molecule has 106 valence electrons. The average molecular weight is 278 g/mol. The van der Waals surface area contributed by atoms with Crippen LogP contribution >= 0.6 is 0 Å². The van der Waals surface area contributed by atoms with Crippen molar-refractivity contribution in [1.29, 1.82) is 0 Å². The minimum Gasteiger partial charge on any atom is -0.475 e. The Balaban J connectivity index is 0.000000399. The molecule has 0 spiro atoms. The van der Waals surface area contributed by atoms with Crippen molar-refractivity contribution in [2.24, 2.45) is 5.73 Å². The van der Waals surface area contributed by atoms with Crippen LogP contribution in [0, 0.1) is 13.8 Å². The van der Waals surface area contributed by atoms with Crippen LogP contribution in [0.15, 0.2) is 18.2 Å². The molecular weight excluding hydrogens is 265 g/mol. The molecule has 5 nitrogen and oxygen atoms in total. The van der Waals surface area contributed by atoms with Gasteiger partial charge in [-0.25, -0.2) is 9.59 Å². The molecule has 0 aromatic heterocycles. The summed E-state index contributed by atoms with van der Waals surface area (Å²) in [5.41, 5.74) is 7.94. The van der Waals surface area contributed by atoms with Crippen LogP contribution in [-0.2, 0) is 4.79 Å². The highest BCUT2D eigenvalue weighted by Gasteiger charge is 2.38. The molecule has 0 atom stereocenters. The minimum atomic E-state index is -5.08. The van der Waals surface area contributed by atoms with E-state index >= 15 is 0 Å². The van der Waals surface area contributed by atoms with E-state index in [4.69, 9.17) is 15.6 Å². The molecule has 8 heteroatoms. The number of nitrogens with two attached hydrogens (primary N) is 1. The molecule has 19 heavy (non-hydrogen) atoms. The summed E-state index contributed by atoms with van der Waals surface area (Å²) in [5, 5.41) is 9.65. The second-order valence-electron chi connectivity index (χ2n) is 3.67. The van der Waals surface area contributed by atoms with E-state index in [-0.39, 0.29) is 0 Å². The maximum Gasteiger partial charge on any atom is 0.490 e. The van der Waals surface area contributed by atoms with Gasteiger partial charge in [-0.05, 0) is 37.1 Å². The van der Waals surface area contributed by atoms with E-state index < -0.39 is 18.2 Å². The third-order valence-electron chi connectivity index (χ3n) is 1.73. The van der Waals surface area contributed by atoms with Crippen LogP contribution < -0.4 is 11.1 Å². The summed E-state index contributed by atoms with van der Waals surface area (Å²) in [6.45, 7) is 3.94. The SMILES string of the molecule is Cc1cc(C)cc(NC(N)=O)c1.O=C(O)C(F)(F)F. The summed E-state index contributed by atoms with van der Waals surface area (Å²) in [4.78, 5) is 19.4. The Labute approximate surface area is 107 Å². The number of amides is 2. The molecule has 0 aliphatic carbocycles. The number of aryl methyl sites for hydroxylation is 2. The number of carbonyl (C=O) groups excluding carboxylic acids is 1. The fourth-order valence-corrected chi connectivity index (χ4v) is 1.19. The summed E-state index contributed by atoms with van der Waals surface area (Å²) in [7, 11) is 0. The number of benzene rings is 1. The molecule has 0 heterocycles. The molecule has 0 aliphatic rings. The van der Waals surface area contributed by atoms with Gasteiger partial charge >= 0.3 is 18.2 Å². The van der Waals surface area contributed by atoms with E-state index in [1.54, 1.807) is 0 Å². The van der Waals surface area contributed by atoms with E-state index in [0.717, 1.165) is 16.8 Å². The first kappa shape index (κ1) is 16.8. The van der Waals surface area contributed by atoms with Crippen molar-refractivity contribution in [1.82, 2.24) is 0 Å². The fourth-order valence-electron chi connectivity index (χ4n) is 1.19. The zero-order chi connectivity index (χ0) is 15.2. The molecule has 0 saturated carbocycles.